The van der Waals surface area contributed by atoms with Crippen molar-refractivity contribution in [2.75, 3.05) is 26.3 Å². The molecule has 0 radical (unpaired) electrons. The maximum Gasteiger partial charge on any atom is 0.253 e. The van der Waals surface area contributed by atoms with Gasteiger partial charge in [-0.2, -0.15) is 0 Å². The zero-order chi connectivity index (χ0) is 22.6. The van der Waals surface area contributed by atoms with Gasteiger partial charge in [0, 0.05) is 31.3 Å². The lowest BCUT2D eigenvalue weighted by Gasteiger charge is -2.32. The van der Waals surface area contributed by atoms with Crippen LogP contribution in [-0.4, -0.2) is 57.7 Å². The molecule has 2 heterocycles. The molecule has 2 aromatic carbocycles. The molecule has 0 spiro atoms. The Morgan fingerprint density at radius 2 is 1.75 bits per heavy atom. The number of rotatable bonds is 7. The van der Waals surface area contributed by atoms with Gasteiger partial charge < -0.3 is 14.4 Å². The van der Waals surface area contributed by atoms with E-state index in [0.717, 1.165) is 31.6 Å². The summed E-state index contributed by atoms with van der Waals surface area (Å²) in [6.45, 7) is 2.19. The zero-order valence-corrected chi connectivity index (χ0v) is 18.5. The smallest absolute Gasteiger partial charge is 0.253 e. The van der Waals surface area contributed by atoms with E-state index in [2.05, 4.69) is 4.72 Å². The van der Waals surface area contributed by atoms with Crippen molar-refractivity contribution in [3.05, 3.63) is 59.9 Å². The number of sulfonamides is 1. The van der Waals surface area contributed by atoms with E-state index in [1.807, 2.05) is 0 Å². The molecule has 172 valence electrons. The summed E-state index contributed by atoms with van der Waals surface area (Å²) in [6, 6.07) is 11.5. The number of hydrogen-bond acceptors (Lipinski definition) is 5. The van der Waals surface area contributed by atoms with Crippen molar-refractivity contribution >= 4 is 15.9 Å². The van der Waals surface area contributed by atoms with Crippen LogP contribution in [0.25, 0.3) is 0 Å². The van der Waals surface area contributed by atoms with Crippen molar-refractivity contribution < 1.29 is 27.1 Å². The molecular formula is C23H27FN2O5S. The first-order chi connectivity index (χ1) is 15.4. The van der Waals surface area contributed by atoms with E-state index in [-0.39, 0.29) is 22.9 Å². The standard InChI is InChI=1S/C23H27FN2O5S/c24-18-5-9-22(10-6-18)32(28,29)25-19-11-13-26(14-12-19)23(27)17-3-7-20(8-4-17)31-16-21-2-1-15-30-21/h3-10,19,21,25H,1-2,11-16H2. The van der Waals surface area contributed by atoms with Gasteiger partial charge in [-0.15, -0.1) is 0 Å². The van der Waals surface area contributed by atoms with E-state index >= 15 is 0 Å². The second-order valence-corrected chi connectivity index (χ2v) is 9.83. The topological polar surface area (TPSA) is 84.9 Å². The maximum absolute atomic E-state index is 13.1. The van der Waals surface area contributed by atoms with E-state index in [1.165, 1.54) is 12.1 Å². The van der Waals surface area contributed by atoms with E-state index in [0.29, 0.717) is 43.9 Å². The largest absolute Gasteiger partial charge is 0.491 e. The van der Waals surface area contributed by atoms with Crippen LogP contribution in [0.5, 0.6) is 5.75 Å². The quantitative estimate of drug-likeness (QED) is 0.684. The van der Waals surface area contributed by atoms with Crippen molar-refractivity contribution in [2.45, 2.75) is 42.7 Å². The Kier molecular flexibility index (Phi) is 7.07. The summed E-state index contributed by atoms with van der Waals surface area (Å²) >= 11 is 0. The van der Waals surface area contributed by atoms with Gasteiger partial charge in [-0.05, 0) is 74.2 Å². The molecule has 0 saturated carbocycles. The van der Waals surface area contributed by atoms with Gasteiger partial charge in [0.1, 0.15) is 18.2 Å². The van der Waals surface area contributed by atoms with Gasteiger partial charge in [-0.25, -0.2) is 17.5 Å². The molecule has 0 bridgehead atoms. The van der Waals surface area contributed by atoms with Crippen LogP contribution >= 0.6 is 0 Å². The van der Waals surface area contributed by atoms with E-state index in [9.17, 15) is 17.6 Å². The van der Waals surface area contributed by atoms with Crippen molar-refractivity contribution in [3.63, 3.8) is 0 Å². The Morgan fingerprint density at radius 3 is 2.38 bits per heavy atom. The van der Waals surface area contributed by atoms with Gasteiger partial charge in [0.25, 0.3) is 5.91 Å². The number of piperidine rings is 1. The lowest BCUT2D eigenvalue weighted by molar-refractivity contribution is 0.0677. The molecule has 2 saturated heterocycles. The third-order valence-corrected chi connectivity index (χ3v) is 7.33. The number of hydrogen-bond donors (Lipinski definition) is 1. The van der Waals surface area contributed by atoms with E-state index < -0.39 is 15.8 Å². The van der Waals surface area contributed by atoms with Crippen molar-refractivity contribution in [2.24, 2.45) is 0 Å². The monoisotopic (exact) mass is 462 g/mol. The number of amides is 1. The lowest BCUT2D eigenvalue weighted by atomic mass is 10.0. The fraction of sp³-hybridized carbons (Fsp3) is 0.435. The number of carbonyl (C=O) groups excluding carboxylic acids is 1. The van der Waals surface area contributed by atoms with Crippen LogP contribution in [0.1, 0.15) is 36.0 Å². The minimum Gasteiger partial charge on any atom is -0.491 e. The first-order valence-corrected chi connectivity index (χ1v) is 12.3. The minimum atomic E-state index is -3.73. The molecule has 2 aromatic rings. The second-order valence-electron chi connectivity index (χ2n) is 8.11. The summed E-state index contributed by atoms with van der Waals surface area (Å²) in [6.07, 6.45) is 3.22. The molecule has 2 aliphatic rings. The van der Waals surface area contributed by atoms with Crippen molar-refractivity contribution in [3.8, 4) is 5.75 Å². The molecule has 0 aliphatic carbocycles. The number of benzene rings is 2. The molecule has 1 atom stereocenters. The Balaban J connectivity index is 1.27. The number of ether oxygens (including phenoxy) is 2. The van der Waals surface area contributed by atoms with E-state index in [1.54, 1.807) is 29.2 Å². The summed E-state index contributed by atoms with van der Waals surface area (Å²) < 4.78 is 52.0. The Bertz CT molecular complexity index is 1010. The number of nitrogens with zero attached hydrogens (tertiary/aromatic N) is 1. The Morgan fingerprint density at radius 1 is 1.06 bits per heavy atom. The molecule has 4 rings (SSSR count). The van der Waals surface area contributed by atoms with Crippen LogP contribution in [0.3, 0.4) is 0 Å². The van der Waals surface area contributed by atoms with Crippen LogP contribution < -0.4 is 9.46 Å². The van der Waals surface area contributed by atoms with Crippen LogP contribution in [-0.2, 0) is 14.8 Å². The fourth-order valence-electron chi connectivity index (χ4n) is 3.94. The minimum absolute atomic E-state index is 0.0270. The van der Waals surface area contributed by atoms with Gasteiger partial charge in [-0.1, -0.05) is 0 Å². The first-order valence-electron chi connectivity index (χ1n) is 10.8. The lowest BCUT2D eigenvalue weighted by Crippen LogP contribution is -2.46. The highest BCUT2D eigenvalue weighted by Crippen LogP contribution is 2.20. The molecule has 9 heteroatoms. The third-order valence-electron chi connectivity index (χ3n) is 5.79. The normalized spacial score (nSPS) is 19.8. The summed E-state index contributed by atoms with van der Waals surface area (Å²) in [4.78, 5) is 14.6. The Hall–Kier alpha value is -2.49. The average molecular weight is 463 g/mol. The number of halogens is 1. The molecule has 1 N–H and O–H groups in total. The molecule has 2 fully saturated rings. The van der Waals surface area contributed by atoms with Crippen LogP contribution in [0.15, 0.2) is 53.4 Å². The predicted octanol–water partition coefficient (Wildman–Crippen LogP) is 2.97. The predicted molar refractivity (Wildman–Crippen MR) is 117 cm³/mol. The first kappa shape index (κ1) is 22.7. The molecular weight excluding hydrogens is 435 g/mol. The van der Waals surface area contributed by atoms with E-state index in [4.69, 9.17) is 9.47 Å². The summed E-state index contributed by atoms with van der Waals surface area (Å²) in [5.41, 5.74) is 0.569. The van der Waals surface area contributed by atoms with Gasteiger partial charge in [0.15, 0.2) is 0 Å². The van der Waals surface area contributed by atoms with Gasteiger partial charge in [0.2, 0.25) is 10.0 Å². The van der Waals surface area contributed by atoms with Crippen LogP contribution in [0, 0.1) is 5.82 Å². The van der Waals surface area contributed by atoms with Crippen LogP contribution in [0.4, 0.5) is 4.39 Å². The maximum atomic E-state index is 13.1. The average Bonchev–Trinajstić information content (AvgIpc) is 3.32. The third kappa shape index (κ3) is 5.65. The van der Waals surface area contributed by atoms with Gasteiger partial charge in [0.05, 0.1) is 11.0 Å². The Labute approximate surface area is 187 Å². The SMILES string of the molecule is O=C(c1ccc(OCC2CCCO2)cc1)N1CCC(NS(=O)(=O)c2ccc(F)cc2)CC1. The van der Waals surface area contributed by atoms with Crippen LogP contribution in [0.2, 0.25) is 0 Å². The van der Waals surface area contributed by atoms with Gasteiger partial charge >= 0.3 is 0 Å². The highest BCUT2D eigenvalue weighted by atomic mass is 32.2. The number of nitrogens with one attached hydrogen (secondary N) is 1. The molecule has 1 unspecified atom stereocenters. The zero-order valence-electron chi connectivity index (χ0n) is 17.7. The molecule has 0 aromatic heterocycles. The molecule has 7 nitrogen and oxygen atoms in total. The number of carbonyl (C=O) groups is 1. The molecule has 32 heavy (non-hydrogen) atoms. The summed E-state index contributed by atoms with van der Waals surface area (Å²) in [7, 11) is -3.73. The molecule has 1 amide bonds. The summed E-state index contributed by atoms with van der Waals surface area (Å²) in [5.74, 6) is 0.125. The fourth-order valence-corrected chi connectivity index (χ4v) is 5.25. The highest BCUT2D eigenvalue weighted by molar-refractivity contribution is 7.89. The van der Waals surface area contributed by atoms with Crippen molar-refractivity contribution in [1.29, 1.82) is 0 Å². The number of likely N-dealkylation sites (tertiary alicyclic amines) is 1. The summed E-state index contributed by atoms with van der Waals surface area (Å²) in [5, 5.41) is 0. The highest BCUT2D eigenvalue weighted by Gasteiger charge is 2.27. The molecule has 2 aliphatic heterocycles. The second kappa shape index (κ2) is 9.97. The van der Waals surface area contributed by atoms with Crippen molar-refractivity contribution in [1.82, 2.24) is 9.62 Å². The van der Waals surface area contributed by atoms with Gasteiger partial charge in [-0.3, -0.25) is 4.79 Å².